The minimum absolute atomic E-state index is 0.125. The molecule has 2 N–H and O–H groups in total. The van der Waals surface area contributed by atoms with Gasteiger partial charge in [-0.05, 0) is 18.4 Å². The van der Waals surface area contributed by atoms with Crippen molar-refractivity contribution < 1.29 is 24.2 Å². The molecule has 1 aliphatic rings. The molecular weight excluding hydrogens is 324 g/mol. The monoisotopic (exact) mass is 348 g/mol. The Morgan fingerprint density at radius 2 is 2.00 bits per heavy atom. The first kappa shape index (κ1) is 18.9. The largest absolute Gasteiger partial charge is 0.467 e. The van der Waals surface area contributed by atoms with E-state index < -0.39 is 30.1 Å². The summed E-state index contributed by atoms with van der Waals surface area (Å²) < 4.78 is 4.78. The fourth-order valence-corrected chi connectivity index (χ4v) is 3.03. The van der Waals surface area contributed by atoms with Crippen molar-refractivity contribution in [2.75, 3.05) is 13.7 Å². The molecule has 1 heterocycles. The van der Waals surface area contributed by atoms with Crippen LogP contribution in [0.5, 0.6) is 0 Å². The second kappa shape index (κ2) is 8.62. The minimum atomic E-state index is -0.802. The number of carbonyl (C=O) groups excluding carboxylic acids is 3. The zero-order valence-corrected chi connectivity index (χ0v) is 14.5. The molecule has 1 aliphatic heterocycles. The van der Waals surface area contributed by atoms with Gasteiger partial charge in [-0.15, -0.1) is 0 Å². The predicted molar refractivity (Wildman–Crippen MR) is 90.5 cm³/mol. The van der Waals surface area contributed by atoms with E-state index in [9.17, 15) is 19.5 Å². The Balaban J connectivity index is 2.02. The summed E-state index contributed by atoms with van der Waals surface area (Å²) in [6.07, 6.45) is 0.418. The van der Waals surface area contributed by atoms with E-state index >= 15 is 0 Å². The van der Waals surface area contributed by atoms with Gasteiger partial charge in [-0.25, -0.2) is 4.79 Å². The molecular formula is C18H24N2O5. The number of aliphatic hydroxyl groups is 1. The summed E-state index contributed by atoms with van der Waals surface area (Å²) in [4.78, 5) is 37.5. The molecule has 2 amide bonds. The lowest BCUT2D eigenvalue weighted by molar-refractivity contribution is -0.146. The van der Waals surface area contributed by atoms with E-state index in [1.807, 2.05) is 30.3 Å². The van der Waals surface area contributed by atoms with Crippen molar-refractivity contribution in [1.29, 1.82) is 0 Å². The van der Waals surface area contributed by atoms with E-state index in [1.165, 1.54) is 18.9 Å². The first-order chi connectivity index (χ1) is 11.9. The number of hydrogen-bond donors (Lipinski definition) is 2. The van der Waals surface area contributed by atoms with Gasteiger partial charge in [-0.3, -0.25) is 9.59 Å². The van der Waals surface area contributed by atoms with Crippen LogP contribution in [0.4, 0.5) is 0 Å². The first-order valence-electron chi connectivity index (χ1n) is 8.29. The molecule has 1 fully saturated rings. The number of carbonyl (C=O) groups is 3. The number of aliphatic hydroxyl groups excluding tert-OH is 1. The molecule has 3 atom stereocenters. The van der Waals surface area contributed by atoms with E-state index in [4.69, 9.17) is 4.74 Å². The van der Waals surface area contributed by atoms with E-state index in [1.54, 1.807) is 0 Å². The lowest BCUT2D eigenvalue weighted by atomic mass is 10.0. The summed E-state index contributed by atoms with van der Waals surface area (Å²) in [5.74, 6) is -1.26. The summed E-state index contributed by atoms with van der Waals surface area (Å²) >= 11 is 0. The number of ether oxygens (including phenoxy) is 1. The first-order valence-corrected chi connectivity index (χ1v) is 8.29. The molecule has 1 aromatic rings. The zero-order valence-electron chi connectivity index (χ0n) is 14.5. The van der Waals surface area contributed by atoms with Gasteiger partial charge in [-0.1, -0.05) is 30.3 Å². The van der Waals surface area contributed by atoms with Gasteiger partial charge in [0.1, 0.15) is 12.1 Å². The summed E-state index contributed by atoms with van der Waals surface area (Å²) in [5.41, 5.74) is 1.05. The number of hydrogen-bond acceptors (Lipinski definition) is 5. The molecule has 0 saturated carbocycles. The highest BCUT2D eigenvalue weighted by Gasteiger charge is 2.38. The number of esters is 1. The zero-order chi connectivity index (χ0) is 18.4. The molecule has 0 bridgehead atoms. The van der Waals surface area contributed by atoms with E-state index in [-0.39, 0.29) is 18.9 Å². The van der Waals surface area contributed by atoms with Crippen LogP contribution in [0.2, 0.25) is 0 Å². The molecule has 1 saturated heterocycles. The van der Waals surface area contributed by atoms with Crippen molar-refractivity contribution in [1.82, 2.24) is 10.2 Å². The van der Waals surface area contributed by atoms with Crippen molar-refractivity contribution in [3.63, 3.8) is 0 Å². The Hall–Kier alpha value is -2.41. The highest BCUT2D eigenvalue weighted by molar-refractivity contribution is 5.90. The van der Waals surface area contributed by atoms with Crippen LogP contribution < -0.4 is 5.32 Å². The molecule has 0 unspecified atom stereocenters. The standard InChI is InChI=1S/C18H24N2O5/c1-12(21)20-11-14(22)10-16(20)17(23)19-15(18(24)25-2)9-8-13-6-4-3-5-7-13/h3-7,14-16,22H,8-11H2,1-2H3,(H,19,23)/t14-,15-,16+/m1/s1. The number of likely N-dealkylation sites (tertiary alicyclic amines) is 1. The molecule has 25 heavy (non-hydrogen) atoms. The molecule has 7 nitrogen and oxygen atoms in total. The van der Waals surface area contributed by atoms with Crippen LogP contribution in [0.1, 0.15) is 25.3 Å². The van der Waals surface area contributed by atoms with Gasteiger partial charge in [0, 0.05) is 19.9 Å². The second-order valence-electron chi connectivity index (χ2n) is 6.19. The second-order valence-corrected chi connectivity index (χ2v) is 6.19. The van der Waals surface area contributed by atoms with Crippen molar-refractivity contribution in [2.45, 2.75) is 44.4 Å². The number of β-amino-alcohol motifs (C(OH)–C–C–N with tert-alkyl or cyclic N) is 1. The number of methoxy groups -OCH3 is 1. The fraction of sp³-hybridized carbons (Fsp3) is 0.500. The Morgan fingerprint density at radius 3 is 2.60 bits per heavy atom. The third-order valence-electron chi connectivity index (χ3n) is 4.35. The molecule has 7 heteroatoms. The van der Waals surface area contributed by atoms with Crippen molar-refractivity contribution >= 4 is 17.8 Å². The minimum Gasteiger partial charge on any atom is -0.467 e. The molecule has 2 rings (SSSR count). The smallest absolute Gasteiger partial charge is 0.328 e. The molecule has 136 valence electrons. The molecule has 0 spiro atoms. The maximum Gasteiger partial charge on any atom is 0.328 e. The van der Waals surface area contributed by atoms with Crippen LogP contribution in [0, 0.1) is 0 Å². The average Bonchev–Trinajstić information content (AvgIpc) is 3.01. The lowest BCUT2D eigenvalue weighted by Crippen LogP contribution is -2.50. The molecule has 1 aromatic carbocycles. The highest BCUT2D eigenvalue weighted by Crippen LogP contribution is 2.18. The van der Waals surface area contributed by atoms with Gasteiger partial charge < -0.3 is 20.1 Å². The summed E-state index contributed by atoms with van der Waals surface area (Å²) in [7, 11) is 1.27. The number of nitrogens with one attached hydrogen (secondary N) is 1. The Kier molecular flexibility index (Phi) is 6.52. The Morgan fingerprint density at radius 1 is 1.32 bits per heavy atom. The summed E-state index contributed by atoms with van der Waals surface area (Å²) in [6, 6.07) is 8.05. The van der Waals surface area contributed by atoms with Gasteiger partial charge in [0.2, 0.25) is 11.8 Å². The topological polar surface area (TPSA) is 95.9 Å². The molecule has 0 aromatic heterocycles. The molecule has 0 aliphatic carbocycles. The van der Waals surface area contributed by atoms with Crippen molar-refractivity contribution in [3.8, 4) is 0 Å². The Labute approximate surface area is 147 Å². The average molecular weight is 348 g/mol. The fourth-order valence-electron chi connectivity index (χ4n) is 3.03. The SMILES string of the molecule is COC(=O)[C@@H](CCc1ccccc1)NC(=O)[C@@H]1C[C@@H](O)CN1C(C)=O. The summed E-state index contributed by atoms with van der Waals surface area (Å²) in [5, 5.41) is 12.4. The van der Waals surface area contributed by atoms with Gasteiger partial charge in [0.15, 0.2) is 0 Å². The lowest BCUT2D eigenvalue weighted by Gasteiger charge is -2.24. The maximum absolute atomic E-state index is 12.5. The number of amides is 2. The number of nitrogens with zero attached hydrogens (tertiary/aromatic N) is 1. The molecule has 0 radical (unpaired) electrons. The number of rotatable bonds is 6. The van der Waals surface area contributed by atoms with Crippen LogP contribution in [-0.2, 0) is 25.5 Å². The third-order valence-corrected chi connectivity index (χ3v) is 4.35. The van der Waals surface area contributed by atoms with Crippen molar-refractivity contribution in [2.24, 2.45) is 0 Å². The van der Waals surface area contributed by atoms with Crippen LogP contribution in [-0.4, -0.2) is 59.6 Å². The normalized spacial score (nSPS) is 20.8. The van der Waals surface area contributed by atoms with Gasteiger partial charge >= 0.3 is 5.97 Å². The van der Waals surface area contributed by atoms with Gasteiger partial charge in [0.05, 0.1) is 13.2 Å². The quantitative estimate of drug-likeness (QED) is 0.719. The van der Waals surface area contributed by atoms with Crippen LogP contribution in [0.25, 0.3) is 0 Å². The third kappa shape index (κ3) is 5.03. The number of aryl methyl sites for hydroxylation is 1. The summed E-state index contributed by atoms with van der Waals surface area (Å²) in [6.45, 7) is 1.48. The van der Waals surface area contributed by atoms with Crippen LogP contribution in [0.15, 0.2) is 30.3 Å². The predicted octanol–water partition coefficient (Wildman–Crippen LogP) is 0.259. The van der Waals surface area contributed by atoms with Crippen molar-refractivity contribution in [3.05, 3.63) is 35.9 Å². The van der Waals surface area contributed by atoms with Gasteiger partial charge in [0.25, 0.3) is 0 Å². The maximum atomic E-state index is 12.5. The van der Waals surface area contributed by atoms with E-state index in [0.717, 1.165) is 5.56 Å². The van der Waals surface area contributed by atoms with E-state index in [2.05, 4.69) is 5.32 Å². The highest BCUT2D eigenvalue weighted by atomic mass is 16.5. The van der Waals surface area contributed by atoms with Crippen LogP contribution in [0.3, 0.4) is 0 Å². The van der Waals surface area contributed by atoms with E-state index in [0.29, 0.717) is 12.8 Å². The van der Waals surface area contributed by atoms with Gasteiger partial charge in [-0.2, -0.15) is 0 Å². The van der Waals surface area contributed by atoms with Crippen LogP contribution >= 0.6 is 0 Å². The number of benzene rings is 1. The Bertz CT molecular complexity index is 619.